The molecule has 2 aromatic heterocycles. The van der Waals surface area contributed by atoms with Gasteiger partial charge in [0.25, 0.3) is 5.91 Å². The minimum atomic E-state index is -0.374. The van der Waals surface area contributed by atoms with Crippen LogP contribution in [-0.4, -0.2) is 40.2 Å². The van der Waals surface area contributed by atoms with Crippen molar-refractivity contribution in [1.82, 2.24) is 20.5 Å². The van der Waals surface area contributed by atoms with E-state index in [9.17, 15) is 9.59 Å². The number of nitrogens with zero attached hydrogens (tertiary/aromatic N) is 2. The van der Waals surface area contributed by atoms with Crippen molar-refractivity contribution in [3.63, 3.8) is 0 Å². The normalized spacial score (nSPS) is 16.1. The third-order valence-corrected chi connectivity index (χ3v) is 5.76. The van der Waals surface area contributed by atoms with Gasteiger partial charge in [0.15, 0.2) is 6.61 Å². The number of ether oxygens (including phenoxy) is 1. The van der Waals surface area contributed by atoms with E-state index in [-0.39, 0.29) is 24.4 Å². The summed E-state index contributed by atoms with van der Waals surface area (Å²) in [5.74, 6) is -1.03. The van der Waals surface area contributed by atoms with Crippen LogP contribution in [0.3, 0.4) is 0 Å². The van der Waals surface area contributed by atoms with Crippen molar-refractivity contribution in [3.05, 3.63) is 46.7 Å². The van der Waals surface area contributed by atoms with Gasteiger partial charge in [-0.05, 0) is 37.0 Å². The lowest BCUT2D eigenvalue weighted by atomic mass is 9.88. The van der Waals surface area contributed by atoms with E-state index in [1.54, 1.807) is 17.5 Å². The lowest BCUT2D eigenvalue weighted by molar-refractivity contribution is -0.150. The molecule has 0 fully saturated rings. The number of carbonyl (C=O) groups is 2. The van der Waals surface area contributed by atoms with Crippen molar-refractivity contribution >= 4 is 33.4 Å². The van der Waals surface area contributed by atoms with Gasteiger partial charge >= 0.3 is 5.97 Å². The number of fused-ring (bicyclic) bond motifs is 2. The lowest BCUT2D eigenvalue weighted by Crippen LogP contribution is -2.32. The van der Waals surface area contributed by atoms with Crippen LogP contribution in [0.15, 0.2) is 30.5 Å². The van der Waals surface area contributed by atoms with Crippen LogP contribution in [0.25, 0.3) is 10.2 Å². The average molecular weight is 384 g/mol. The fraction of sp³-hybridized carbons (Fsp3) is 0.368. The first-order valence-corrected chi connectivity index (χ1v) is 9.82. The fourth-order valence-corrected chi connectivity index (χ4v) is 4.29. The SMILES string of the molecule is O=C(COC(=O)[C@@H]1CCCc2cn[nH]c21)NCCc1nc2ccccc2s1. The molecule has 0 unspecified atom stereocenters. The summed E-state index contributed by atoms with van der Waals surface area (Å²) in [6.07, 6.45) is 4.96. The molecule has 1 atom stereocenters. The van der Waals surface area contributed by atoms with Crippen LogP contribution in [0.2, 0.25) is 0 Å². The second-order valence-corrected chi connectivity index (χ2v) is 7.65. The highest BCUT2D eigenvalue weighted by atomic mass is 32.1. The first kappa shape index (κ1) is 17.7. The van der Waals surface area contributed by atoms with Gasteiger partial charge in [-0.3, -0.25) is 14.7 Å². The smallest absolute Gasteiger partial charge is 0.315 e. The van der Waals surface area contributed by atoms with E-state index in [0.717, 1.165) is 39.3 Å². The van der Waals surface area contributed by atoms with E-state index >= 15 is 0 Å². The average Bonchev–Trinajstić information content (AvgIpc) is 3.32. The molecule has 1 aliphatic rings. The summed E-state index contributed by atoms with van der Waals surface area (Å²) in [6.45, 7) is 0.197. The van der Waals surface area contributed by atoms with Crippen LogP contribution >= 0.6 is 11.3 Å². The van der Waals surface area contributed by atoms with Crippen molar-refractivity contribution in [2.24, 2.45) is 0 Å². The number of thiazole rings is 1. The lowest BCUT2D eigenvalue weighted by Gasteiger charge is -2.20. The molecule has 0 bridgehead atoms. The molecule has 0 spiro atoms. The Balaban J connectivity index is 1.22. The molecule has 1 amide bonds. The van der Waals surface area contributed by atoms with E-state index in [1.165, 1.54) is 0 Å². The Morgan fingerprint density at radius 3 is 3.11 bits per heavy atom. The number of para-hydroxylation sites is 1. The van der Waals surface area contributed by atoms with Crippen molar-refractivity contribution in [3.8, 4) is 0 Å². The Morgan fingerprint density at radius 1 is 1.33 bits per heavy atom. The second-order valence-electron chi connectivity index (χ2n) is 6.54. The van der Waals surface area contributed by atoms with Gasteiger partial charge in [0.05, 0.1) is 33.0 Å². The summed E-state index contributed by atoms with van der Waals surface area (Å²) < 4.78 is 6.35. The van der Waals surface area contributed by atoms with Crippen LogP contribution < -0.4 is 5.32 Å². The number of H-pyrrole nitrogens is 1. The third-order valence-electron chi connectivity index (χ3n) is 4.67. The number of hydrogen-bond acceptors (Lipinski definition) is 6. The highest BCUT2D eigenvalue weighted by Crippen LogP contribution is 2.30. The maximum Gasteiger partial charge on any atom is 0.315 e. The molecule has 2 heterocycles. The van der Waals surface area contributed by atoms with Gasteiger partial charge < -0.3 is 10.1 Å². The zero-order valence-corrected chi connectivity index (χ0v) is 15.6. The van der Waals surface area contributed by atoms with Gasteiger partial charge in [-0.15, -0.1) is 11.3 Å². The summed E-state index contributed by atoms with van der Waals surface area (Å²) in [5, 5.41) is 10.6. The Kier molecular flexibility index (Phi) is 5.15. The number of nitrogens with one attached hydrogen (secondary N) is 2. The van der Waals surface area contributed by atoms with Crippen molar-refractivity contribution in [2.45, 2.75) is 31.6 Å². The Labute approximate surface area is 160 Å². The fourth-order valence-electron chi connectivity index (χ4n) is 3.32. The third kappa shape index (κ3) is 4.00. The van der Waals surface area contributed by atoms with Gasteiger partial charge in [0, 0.05) is 13.0 Å². The molecule has 0 saturated heterocycles. The number of carbonyl (C=O) groups excluding carboxylic acids is 2. The number of hydrogen-bond donors (Lipinski definition) is 2. The minimum Gasteiger partial charge on any atom is -0.455 e. The van der Waals surface area contributed by atoms with Crippen LogP contribution in [0.4, 0.5) is 0 Å². The maximum absolute atomic E-state index is 12.3. The van der Waals surface area contributed by atoms with Crippen molar-refractivity contribution in [2.75, 3.05) is 13.2 Å². The molecule has 8 heteroatoms. The minimum absolute atomic E-state index is 0.265. The van der Waals surface area contributed by atoms with Crippen LogP contribution in [-0.2, 0) is 27.2 Å². The van der Waals surface area contributed by atoms with Crippen LogP contribution in [0.5, 0.6) is 0 Å². The zero-order chi connectivity index (χ0) is 18.6. The highest BCUT2D eigenvalue weighted by Gasteiger charge is 2.29. The van der Waals surface area contributed by atoms with Gasteiger partial charge in [0.1, 0.15) is 0 Å². The van der Waals surface area contributed by atoms with E-state index in [4.69, 9.17) is 4.74 Å². The van der Waals surface area contributed by atoms with Crippen molar-refractivity contribution < 1.29 is 14.3 Å². The quantitative estimate of drug-likeness (QED) is 0.636. The molecule has 27 heavy (non-hydrogen) atoms. The molecule has 1 aromatic carbocycles. The van der Waals surface area contributed by atoms with Gasteiger partial charge in [0.2, 0.25) is 0 Å². The number of esters is 1. The summed E-state index contributed by atoms with van der Waals surface area (Å²) >= 11 is 1.62. The topological polar surface area (TPSA) is 97.0 Å². The molecule has 2 N–H and O–H groups in total. The van der Waals surface area contributed by atoms with Gasteiger partial charge in [-0.25, -0.2) is 4.98 Å². The van der Waals surface area contributed by atoms with Gasteiger partial charge in [-0.1, -0.05) is 12.1 Å². The molecule has 3 aromatic rings. The molecule has 7 nitrogen and oxygen atoms in total. The van der Waals surface area contributed by atoms with Crippen LogP contribution in [0, 0.1) is 0 Å². The van der Waals surface area contributed by atoms with Crippen LogP contribution in [0.1, 0.15) is 35.0 Å². The monoisotopic (exact) mass is 384 g/mol. The summed E-state index contributed by atoms with van der Waals surface area (Å²) in [7, 11) is 0. The zero-order valence-electron chi connectivity index (χ0n) is 14.7. The van der Waals surface area contributed by atoms with E-state index < -0.39 is 0 Å². The number of aromatic amines is 1. The molecule has 0 saturated carbocycles. The predicted molar refractivity (Wildman–Crippen MR) is 102 cm³/mol. The predicted octanol–water partition coefficient (Wildman–Crippen LogP) is 2.34. The Morgan fingerprint density at radius 2 is 2.22 bits per heavy atom. The molecular weight excluding hydrogens is 364 g/mol. The van der Waals surface area contributed by atoms with E-state index in [1.807, 2.05) is 24.3 Å². The standard InChI is InChI=1S/C19H20N4O3S/c24-16(20-9-8-17-22-14-6-1-2-7-15(14)27-17)11-26-19(25)13-5-3-4-12-10-21-23-18(12)13/h1-2,6-7,10,13H,3-5,8-9,11H2,(H,20,24)(H,21,23)/t13-/m1/s1. The Bertz CT molecular complexity index is 932. The molecule has 0 radical (unpaired) electrons. The van der Waals surface area contributed by atoms with E-state index in [0.29, 0.717) is 19.4 Å². The number of rotatable bonds is 6. The molecule has 140 valence electrons. The highest BCUT2D eigenvalue weighted by molar-refractivity contribution is 7.18. The molecule has 1 aliphatic carbocycles. The number of benzene rings is 1. The Hall–Kier alpha value is -2.74. The molecule has 0 aliphatic heterocycles. The second kappa shape index (κ2) is 7.87. The molecular formula is C19H20N4O3S. The largest absolute Gasteiger partial charge is 0.455 e. The summed E-state index contributed by atoms with van der Waals surface area (Å²) in [5.41, 5.74) is 2.86. The summed E-state index contributed by atoms with van der Waals surface area (Å²) in [4.78, 5) is 28.8. The summed E-state index contributed by atoms with van der Waals surface area (Å²) in [6, 6.07) is 7.95. The molecule has 4 rings (SSSR count). The number of aryl methyl sites for hydroxylation is 1. The first-order chi connectivity index (χ1) is 13.2. The first-order valence-electron chi connectivity index (χ1n) is 9.00. The maximum atomic E-state index is 12.3. The number of amides is 1. The van der Waals surface area contributed by atoms with E-state index in [2.05, 4.69) is 20.5 Å². The van der Waals surface area contributed by atoms with Gasteiger partial charge in [-0.2, -0.15) is 5.10 Å². The van der Waals surface area contributed by atoms with Crippen molar-refractivity contribution in [1.29, 1.82) is 0 Å². The number of aromatic nitrogens is 3.